The summed E-state index contributed by atoms with van der Waals surface area (Å²) in [5.41, 5.74) is 1.54. The molecule has 1 atom stereocenters. The zero-order valence-corrected chi connectivity index (χ0v) is 22.2. The van der Waals surface area contributed by atoms with Crippen LogP contribution in [0.5, 0.6) is 0 Å². The number of benzene rings is 1. The number of aliphatic imine (C=N–C) groups is 1. The Labute approximate surface area is 206 Å². The molecule has 31 heavy (non-hydrogen) atoms. The molecule has 1 aromatic rings. The number of halogens is 1. The van der Waals surface area contributed by atoms with E-state index >= 15 is 0 Å². The lowest BCUT2D eigenvalue weighted by atomic mass is 9.89. The minimum Gasteiger partial charge on any atom is -0.381 e. The molecule has 0 bridgehead atoms. The van der Waals surface area contributed by atoms with Crippen LogP contribution in [0.15, 0.2) is 35.3 Å². The number of nitrogens with one attached hydrogen (secondary N) is 1. The molecule has 0 saturated carbocycles. The summed E-state index contributed by atoms with van der Waals surface area (Å²) in [5, 5.41) is 3.55. The van der Waals surface area contributed by atoms with E-state index in [1.165, 1.54) is 5.56 Å². The number of guanidine groups is 1. The molecule has 2 heterocycles. The molecule has 0 spiro atoms. The Morgan fingerprint density at radius 2 is 1.74 bits per heavy atom. The molecule has 6 nitrogen and oxygen atoms in total. The minimum absolute atomic E-state index is 0. The highest BCUT2D eigenvalue weighted by Gasteiger charge is 2.35. The number of ether oxygens (including phenoxy) is 1. The third kappa shape index (κ3) is 6.79. The molecule has 2 saturated heterocycles. The topological polar surface area (TPSA) is 43.3 Å². The van der Waals surface area contributed by atoms with Crippen molar-refractivity contribution in [2.75, 3.05) is 66.6 Å². The van der Waals surface area contributed by atoms with Crippen molar-refractivity contribution in [3.63, 3.8) is 0 Å². The van der Waals surface area contributed by atoms with Crippen molar-refractivity contribution in [3.05, 3.63) is 35.9 Å². The standard InChI is InChI=1S/C24H41N5O.HI/c1-5-22(21-10-8-7-9-11-21)28-14-16-29(17-15-28)23(25-6-2)26-20-24(27(3)4)12-18-30-19-13-24;/h7-11,22H,5-6,12-20H2,1-4H3,(H,25,26);1H. The highest BCUT2D eigenvalue weighted by molar-refractivity contribution is 14.0. The van der Waals surface area contributed by atoms with Crippen molar-refractivity contribution in [1.82, 2.24) is 20.0 Å². The molecular weight excluding hydrogens is 501 g/mol. The molecule has 0 aliphatic carbocycles. The Morgan fingerprint density at radius 1 is 1.10 bits per heavy atom. The van der Waals surface area contributed by atoms with Gasteiger partial charge >= 0.3 is 0 Å². The molecule has 1 N–H and O–H groups in total. The third-order valence-corrected chi connectivity index (χ3v) is 6.86. The van der Waals surface area contributed by atoms with Gasteiger partial charge in [0, 0.05) is 57.5 Å². The summed E-state index contributed by atoms with van der Waals surface area (Å²) in [6.07, 6.45) is 3.24. The summed E-state index contributed by atoms with van der Waals surface area (Å²) >= 11 is 0. The maximum absolute atomic E-state index is 5.62. The van der Waals surface area contributed by atoms with Gasteiger partial charge in [0.2, 0.25) is 0 Å². The summed E-state index contributed by atoms with van der Waals surface area (Å²) < 4.78 is 5.62. The second-order valence-electron chi connectivity index (χ2n) is 8.76. The first-order chi connectivity index (χ1) is 14.6. The average molecular weight is 544 g/mol. The predicted octanol–water partition coefficient (Wildman–Crippen LogP) is 3.45. The van der Waals surface area contributed by atoms with Gasteiger partial charge in [0.05, 0.1) is 6.54 Å². The largest absolute Gasteiger partial charge is 0.381 e. The van der Waals surface area contributed by atoms with E-state index in [0.29, 0.717) is 6.04 Å². The van der Waals surface area contributed by atoms with Crippen molar-refractivity contribution in [3.8, 4) is 0 Å². The van der Waals surface area contributed by atoms with Crippen LogP contribution in [0.4, 0.5) is 0 Å². The third-order valence-electron chi connectivity index (χ3n) is 6.86. The van der Waals surface area contributed by atoms with Gasteiger partial charge < -0.3 is 19.9 Å². The Bertz CT molecular complexity index is 655. The second kappa shape index (κ2) is 13.0. The van der Waals surface area contributed by atoms with E-state index in [0.717, 1.165) is 77.7 Å². The highest BCUT2D eigenvalue weighted by atomic mass is 127. The van der Waals surface area contributed by atoms with Gasteiger partial charge in [-0.3, -0.25) is 9.89 Å². The summed E-state index contributed by atoms with van der Waals surface area (Å²) in [6, 6.07) is 11.4. The molecule has 3 rings (SSSR count). The fraction of sp³-hybridized carbons (Fsp3) is 0.708. The van der Waals surface area contributed by atoms with Crippen LogP contribution in [0.3, 0.4) is 0 Å². The van der Waals surface area contributed by atoms with E-state index in [1.807, 2.05) is 0 Å². The number of likely N-dealkylation sites (N-methyl/N-ethyl adjacent to an activating group) is 1. The smallest absolute Gasteiger partial charge is 0.194 e. The summed E-state index contributed by atoms with van der Waals surface area (Å²) in [4.78, 5) is 12.6. The highest BCUT2D eigenvalue weighted by Crippen LogP contribution is 2.27. The van der Waals surface area contributed by atoms with Crippen LogP contribution in [0.2, 0.25) is 0 Å². The molecule has 2 aliphatic rings. The number of hydrogen-bond acceptors (Lipinski definition) is 4. The maximum Gasteiger partial charge on any atom is 0.194 e. The second-order valence-corrected chi connectivity index (χ2v) is 8.76. The molecule has 7 heteroatoms. The van der Waals surface area contributed by atoms with Crippen LogP contribution in [0, 0.1) is 0 Å². The number of hydrogen-bond donors (Lipinski definition) is 1. The van der Waals surface area contributed by atoms with E-state index in [-0.39, 0.29) is 29.5 Å². The molecule has 1 unspecified atom stereocenters. The summed E-state index contributed by atoms with van der Waals surface area (Å²) in [6.45, 7) is 12.0. The number of rotatable bonds is 7. The zero-order valence-electron chi connectivity index (χ0n) is 19.8. The quantitative estimate of drug-likeness (QED) is 0.324. The van der Waals surface area contributed by atoms with Crippen molar-refractivity contribution < 1.29 is 4.74 Å². The maximum atomic E-state index is 5.62. The zero-order chi connectivity index (χ0) is 21.4. The first-order valence-corrected chi connectivity index (χ1v) is 11.7. The van der Waals surface area contributed by atoms with Crippen LogP contribution < -0.4 is 5.32 Å². The van der Waals surface area contributed by atoms with Gasteiger partial charge in [-0.05, 0) is 45.8 Å². The van der Waals surface area contributed by atoms with E-state index in [4.69, 9.17) is 9.73 Å². The Morgan fingerprint density at radius 3 is 2.29 bits per heavy atom. The van der Waals surface area contributed by atoms with Gasteiger partial charge in [-0.25, -0.2) is 0 Å². The van der Waals surface area contributed by atoms with E-state index < -0.39 is 0 Å². The van der Waals surface area contributed by atoms with Crippen LogP contribution in [0.1, 0.15) is 44.7 Å². The molecule has 1 aromatic carbocycles. The van der Waals surface area contributed by atoms with Crippen LogP contribution in [-0.2, 0) is 4.74 Å². The van der Waals surface area contributed by atoms with Crippen molar-refractivity contribution in [1.29, 1.82) is 0 Å². The lowest BCUT2D eigenvalue weighted by molar-refractivity contribution is -0.00269. The lowest BCUT2D eigenvalue weighted by Crippen LogP contribution is -2.54. The number of nitrogens with zero attached hydrogens (tertiary/aromatic N) is 4. The molecule has 0 amide bonds. The molecule has 2 fully saturated rings. The normalized spacial score (nSPS) is 20.9. The first-order valence-electron chi connectivity index (χ1n) is 11.7. The van der Waals surface area contributed by atoms with Crippen LogP contribution in [-0.4, -0.2) is 92.8 Å². The van der Waals surface area contributed by atoms with Gasteiger partial charge in [-0.1, -0.05) is 37.3 Å². The number of piperazine rings is 1. The van der Waals surface area contributed by atoms with Crippen molar-refractivity contribution in [2.45, 2.75) is 44.7 Å². The van der Waals surface area contributed by atoms with E-state index in [2.05, 4.69) is 78.3 Å². The molecule has 176 valence electrons. The molecular formula is C24H42IN5O. The monoisotopic (exact) mass is 543 g/mol. The molecule has 2 aliphatic heterocycles. The van der Waals surface area contributed by atoms with E-state index in [1.54, 1.807) is 0 Å². The minimum atomic E-state index is 0. The molecule has 0 aromatic heterocycles. The Hall–Kier alpha value is -0.900. The Balaban J connectivity index is 0.00000341. The van der Waals surface area contributed by atoms with Crippen molar-refractivity contribution in [2.24, 2.45) is 4.99 Å². The lowest BCUT2D eigenvalue weighted by Gasteiger charge is -2.43. The predicted molar refractivity (Wildman–Crippen MR) is 140 cm³/mol. The summed E-state index contributed by atoms with van der Waals surface area (Å²) in [5.74, 6) is 1.07. The fourth-order valence-electron chi connectivity index (χ4n) is 4.77. The Kier molecular flexibility index (Phi) is 11.0. The van der Waals surface area contributed by atoms with Crippen molar-refractivity contribution >= 4 is 29.9 Å². The first kappa shape index (κ1) is 26.4. The van der Waals surface area contributed by atoms with Gasteiger partial charge in [-0.2, -0.15) is 0 Å². The molecule has 0 radical (unpaired) electrons. The van der Waals surface area contributed by atoms with Gasteiger partial charge in [0.25, 0.3) is 0 Å². The van der Waals surface area contributed by atoms with Gasteiger partial charge in [-0.15, -0.1) is 24.0 Å². The fourth-order valence-corrected chi connectivity index (χ4v) is 4.77. The summed E-state index contributed by atoms with van der Waals surface area (Å²) in [7, 11) is 4.36. The van der Waals surface area contributed by atoms with Crippen LogP contribution >= 0.6 is 24.0 Å². The van der Waals surface area contributed by atoms with Crippen LogP contribution in [0.25, 0.3) is 0 Å². The van der Waals surface area contributed by atoms with Gasteiger partial charge in [0.1, 0.15) is 0 Å². The van der Waals surface area contributed by atoms with E-state index in [9.17, 15) is 0 Å². The SMILES string of the molecule is CCNC(=NCC1(N(C)C)CCOCC1)N1CCN(C(CC)c2ccccc2)CC1.I. The average Bonchev–Trinajstić information content (AvgIpc) is 2.79. The van der Waals surface area contributed by atoms with Gasteiger partial charge in [0.15, 0.2) is 5.96 Å².